The van der Waals surface area contributed by atoms with Gasteiger partial charge in [0.2, 0.25) is 0 Å². The topological polar surface area (TPSA) is 0 Å². The number of hydrogen-bond acceptors (Lipinski definition) is 0. The Labute approximate surface area is 159 Å². The molecule has 0 heteroatoms. The summed E-state index contributed by atoms with van der Waals surface area (Å²) in [6, 6.07) is 0. The van der Waals surface area contributed by atoms with E-state index >= 15 is 0 Å². The molecule has 2 aliphatic rings. The minimum Gasteiger partial charge on any atom is -0.0651 e. The van der Waals surface area contributed by atoms with Crippen LogP contribution < -0.4 is 0 Å². The molecular weight excluding hydrogens is 300 g/mol. The lowest BCUT2D eigenvalue weighted by atomic mass is 9.50. The van der Waals surface area contributed by atoms with E-state index in [1.807, 2.05) is 0 Å². The molecule has 0 amide bonds. The van der Waals surface area contributed by atoms with E-state index in [0.29, 0.717) is 5.41 Å². The molecule has 0 spiro atoms. The van der Waals surface area contributed by atoms with Crippen molar-refractivity contribution in [3.8, 4) is 0 Å². The average molecular weight is 349 g/mol. The Morgan fingerprint density at radius 1 is 0.800 bits per heavy atom. The van der Waals surface area contributed by atoms with Gasteiger partial charge in [-0.2, -0.15) is 0 Å². The van der Waals surface area contributed by atoms with Gasteiger partial charge in [0.15, 0.2) is 0 Å². The fourth-order valence-corrected chi connectivity index (χ4v) is 6.12. The van der Waals surface area contributed by atoms with Gasteiger partial charge in [0.25, 0.3) is 0 Å². The summed E-state index contributed by atoms with van der Waals surface area (Å²) in [4.78, 5) is 0. The molecular formula is C25H48. The van der Waals surface area contributed by atoms with Gasteiger partial charge >= 0.3 is 0 Å². The van der Waals surface area contributed by atoms with Crippen molar-refractivity contribution in [3.63, 3.8) is 0 Å². The van der Waals surface area contributed by atoms with Crippen LogP contribution in [0.25, 0.3) is 0 Å². The first-order valence-electron chi connectivity index (χ1n) is 11.6. The van der Waals surface area contributed by atoms with Gasteiger partial charge in [0.05, 0.1) is 0 Å². The van der Waals surface area contributed by atoms with Crippen LogP contribution in [0.1, 0.15) is 101 Å². The standard InChI is InChI=1S/C25H48/c1-10-20-14-15-22(20)24(18(5)19(6)25(7,8)9)23(17(4)16(2)3)21-12-11-13-21/h16-24H,10-15H2,1-9H3. The van der Waals surface area contributed by atoms with Crippen molar-refractivity contribution >= 4 is 0 Å². The van der Waals surface area contributed by atoms with Gasteiger partial charge in [-0.05, 0) is 71.5 Å². The molecule has 7 unspecified atom stereocenters. The van der Waals surface area contributed by atoms with Crippen LogP contribution in [-0.2, 0) is 0 Å². The van der Waals surface area contributed by atoms with Crippen LogP contribution >= 0.6 is 0 Å². The summed E-state index contributed by atoms with van der Waals surface area (Å²) in [5, 5.41) is 0. The third-order valence-electron chi connectivity index (χ3n) is 9.05. The molecule has 7 atom stereocenters. The van der Waals surface area contributed by atoms with E-state index in [2.05, 4.69) is 62.3 Å². The van der Waals surface area contributed by atoms with Crippen LogP contribution in [0.4, 0.5) is 0 Å². The number of rotatable bonds is 8. The lowest BCUT2D eigenvalue weighted by Gasteiger charge is -2.55. The molecule has 0 N–H and O–H groups in total. The predicted octanol–water partition coefficient (Wildman–Crippen LogP) is 8.07. The molecule has 0 nitrogen and oxygen atoms in total. The van der Waals surface area contributed by atoms with Crippen molar-refractivity contribution in [2.24, 2.45) is 58.7 Å². The molecule has 0 bridgehead atoms. The molecule has 25 heavy (non-hydrogen) atoms. The third kappa shape index (κ3) is 4.47. The van der Waals surface area contributed by atoms with Crippen LogP contribution in [0.5, 0.6) is 0 Å². The highest BCUT2D eigenvalue weighted by Crippen LogP contribution is 2.56. The second-order valence-corrected chi connectivity index (χ2v) is 11.4. The summed E-state index contributed by atoms with van der Waals surface area (Å²) in [6.45, 7) is 22.6. The summed E-state index contributed by atoms with van der Waals surface area (Å²) < 4.78 is 0. The second-order valence-electron chi connectivity index (χ2n) is 11.4. The Kier molecular flexibility index (Phi) is 7.11. The van der Waals surface area contributed by atoms with Crippen molar-refractivity contribution in [2.75, 3.05) is 0 Å². The Bertz CT molecular complexity index is 395. The molecule has 0 aliphatic heterocycles. The Morgan fingerprint density at radius 2 is 1.40 bits per heavy atom. The Hall–Kier alpha value is 0. The van der Waals surface area contributed by atoms with E-state index in [9.17, 15) is 0 Å². The summed E-state index contributed by atoms with van der Waals surface area (Å²) in [6.07, 6.45) is 8.94. The van der Waals surface area contributed by atoms with E-state index in [1.54, 1.807) is 0 Å². The van der Waals surface area contributed by atoms with Crippen LogP contribution in [0.3, 0.4) is 0 Å². The van der Waals surface area contributed by atoms with Gasteiger partial charge in [-0.3, -0.25) is 0 Å². The number of hydrogen-bond donors (Lipinski definition) is 0. The van der Waals surface area contributed by atoms with E-state index in [1.165, 1.54) is 38.5 Å². The van der Waals surface area contributed by atoms with Crippen molar-refractivity contribution in [3.05, 3.63) is 0 Å². The normalized spacial score (nSPS) is 31.0. The summed E-state index contributed by atoms with van der Waals surface area (Å²) in [5.41, 5.74) is 0.425. The summed E-state index contributed by atoms with van der Waals surface area (Å²) in [7, 11) is 0. The van der Waals surface area contributed by atoms with Crippen molar-refractivity contribution in [1.82, 2.24) is 0 Å². The first kappa shape index (κ1) is 21.3. The van der Waals surface area contributed by atoms with E-state index in [-0.39, 0.29) is 0 Å². The minimum absolute atomic E-state index is 0.425. The first-order valence-corrected chi connectivity index (χ1v) is 11.6. The Morgan fingerprint density at radius 3 is 1.72 bits per heavy atom. The average Bonchev–Trinajstić information content (AvgIpc) is 2.44. The largest absolute Gasteiger partial charge is 0.0651 e. The monoisotopic (exact) mass is 348 g/mol. The van der Waals surface area contributed by atoms with E-state index in [4.69, 9.17) is 0 Å². The maximum absolute atomic E-state index is 2.63. The van der Waals surface area contributed by atoms with E-state index in [0.717, 1.165) is 53.3 Å². The predicted molar refractivity (Wildman–Crippen MR) is 113 cm³/mol. The maximum atomic E-state index is 2.63. The van der Waals surface area contributed by atoms with Gasteiger partial charge in [-0.1, -0.05) is 88.0 Å². The van der Waals surface area contributed by atoms with Crippen LogP contribution in [-0.4, -0.2) is 0 Å². The van der Waals surface area contributed by atoms with Crippen molar-refractivity contribution in [2.45, 2.75) is 101 Å². The molecule has 2 aliphatic carbocycles. The third-order valence-corrected chi connectivity index (χ3v) is 9.05. The van der Waals surface area contributed by atoms with Gasteiger partial charge < -0.3 is 0 Å². The lowest BCUT2D eigenvalue weighted by molar-refractivity contribution is -0.0614. The second kappa shape index (κ2) is 8.35. The van der Waals surface area contributed by atoms with Gasteiger partial charge in [-0.15, -0.1) is 0 Å². The Balaban J connectivity index is 2.34. The van der Waals surface area contributed by atoms with Crippen LogP contribution in [0.15, 0.2) is 0 Å². The molecule has 0 radical (unpaired) electrons. The zero-order chi connectivity index (χ0) is 18.9. The molecule has 0 aromatic carbocycles. The highest BCUT2D eigenvalue weighted by Gasteiger charge is 2.49. The molecule has 148 valence electrons. The molecule has 2 saturated carbocycles. The van der Waals surface area contributed by atoms with Gasteiger partial charge in [0, 0.05) is 0 Å². The quantitative estimate of drug-likeness (QED) is 0.416. The molecule has 0 aromatic heterocycles. The summed E-state index contributed by atoms with van der Waals surface area (Å²) in [5.74, 6) is 8.33. The molecule has 0 heterocycles. The van der Waals surface area contributed by atoms with Crippen LogP contribution in [0.2, 0.25) is 0 Å². The zero-order valence-electron chi connectivity index (χ0n) is 18.9. The molecule has 2 fully saturated rings. The van der Waals surface area contributed by atoms with Crippen molar-refractivity contribution < 1.29 is 0 Å². The molecule has 0 aromatic rings. The van der Waals surface area contributed by atoms with Gasteiger partial charge in [-0.25, -0.2) is 0 Å². The molecule has 0 saturated heterocycles. The van der Waals surface area contributed by atoms with Crippen LogP contribution in [0, 0.1) is 58.7 Å². The zero-order valence-corrected chi connectivity index (χ0v) is 18.9. The fraction of sp³-hybridized carbons (Fsp3) is 1.00. The highest BCUT2D eigenvalue weighted by molar-refractivity contribution is 4.97. The minimum atomic E-state index is 0.425. The van der Waals surface area contributed by atoms with E-state index < -0.39 is 0 Å². The lowest BCUT2D eigenvalue weighted by Crippen LogP contribution is -2.48. The molecule has 2 rings (SSSR count). The maximum Gasteiger partial charge on any atom is -0.0321 e. The first-order chi connectivity index (χ1) is 11.6. The smallest absolute Gasteiger partial charge is 0.0321 e. The fourth-order valence-electron chi connectivity index (χ4n) is 6.12. The highest BCUT2D eigenvalue weighted by atomic mass is 14.5. The SMILES string of the molecule is CCC1CCC1C(C(C)C(C)C(C)(C)C)C(C1CCC1)C(C)C(C)C. The van der Waals surface area contributed by atoms with Gasteiger partial charge in [0.1, 0.15) is 0 Å². The van der Waals surface area contributed by atoms with Crippen molar-refractivity contribution in [1.29, 1.82) is 0 Å². The summed E-state index contributed by atoms with van der Waals surface area (Å²) >= 11 is 0.